The molecule has 168 valence electrons. The largest absolute Gasteiger partial charge is 0.489 e. The summed E-state index contributed by atoms with van der Waals surface area (Å²) in [5.74, 6) is -0.522. The average molecular weight is 458 g/mol. The summed E-state index contributed by atoms with van der Waals surface area (Å²) in [5.41, 5.74) is 3.73. The van der Waals surface area contributed by atoms with E-state index in [1.807, 2.05) is 42.8 Å². The molecule has 1 amide bonds. The maximum Gasteiger partial charge on any atom is 0.248 e. The van der Waals surface area contributed by atoms with Crippen LogP contribution in [0.4, 0.5) is 10.1 Å². The minimum absolute atomic E-state index is 0.249. The Bertz CT molecular complexity index is 1130. The van der Waals surface area contributed by atoms with E-state index in [1.54, 1.807) is 13.2 Å². The Morgan fingerprint density at radius 1 is 1.22 bits per heavy atom. The third kappa shape index (κ3) is 5.96. The van der Waals surface area contributed by atoms with Crippen LogP contribution in [0.3, 0.4) is 0 Å². The lowest BCUT2D eigenvalue weighted by molar-refractivity contribution is -0.111. The molecule has 8 heteroatoms. The summed E-state index contributed by atoms with van der Waals surface area (Å²) in [6, 6.07) is 11.6. The summed E-state index contributed by atoms with van der Waals surface area (Å²) in [6.45, 7) is 4.99. The zero-order valence-corrected chi connectivity index (χ0v) is 18.9. The summed E-state index contributed by atoms with van der Waals surface area (Å²) in [5, 5.41) is 7.91. The van der Waals surface area contributed by atoms with Gasteiger partial charge in [0.25, 0.3) is 0 Å². The van der Waals surface area contributed by atoms with Crippen molar-refractivity contribution < 1.29 is 18.7 Å². The van der Waals surface area contributed by atoms with Crippen LogP contribution in [0, 0.1) is 19.7 Å². The predicted molar refractivity (Wildman–Crippen MR) is 124 cm³/mol. The van der Waals surface area contributed by atoms with Crippen LogP contribution in [-0.2, 0) is 16.1 Å². The highest BCUT2D eigenvalue weighted by molar-refractivity contribution is 6.31. The van der Waals surface area contributed by atoms with Crippen LogP contribution in [0.1, 0.15) is 22.5 Å². The predicted octanol–water partition coefficient (Wildman–Crippen LogP) is 5.02. The fourth-order valence-electron chi connectivity index (χ4n) is 3.19. The smallest absolute Gasteiger partial charge is 0.248 e. The van der Waals surface area contributed by atoms with Crippen molar-refractivity contribution in [1.82, 2.24) is 9.78 Å². The lowest BCUT2D eigenvalue weighted by Gasteiger charge is -2.11. The van der Waals surface area contributed by atoms with Gasteiger partial charge < -0.3 is 14.8 Å². The highest BCUT2D eigenvalue weighted by Gasteiger charge is 2.12. The number of carbonyl (C=O) groups excluding carboxylic acids is 1. The van der Waals surface area contributed by atoms with Gasteiger partial charge in [0.1, 0.15) is 18.2 Å². The van der Waals surface area contributed by atoms with E-state index in [9.17, 15) is 9.18 Å². The summed E-state index contributed by atoms with van der Waals surface area (Å²) < 4.78 is 26.0. The van der Waals surface area contributed by atoms with Crippen molar-refractivity contribution >= 4 is 29.3 Å². The van der Waals surface area contributed by atoms with Gasteiger partial charge in [0, 0.05) is 35.5 Å². The first kappa shape index (κ1) is 23.5. The maximum atomic E-state index is 13.7. The maximum absolute atomic E-state index is 13.7. The van der Waals surface area contributed by atoms with Gasteiger partial charge in [0.2, 0.25) is 5.91 Å². The van der Waals surface area contributed by atoms with Gasteiger partial charge in [-0.05, 0) is 43.7 Å². The molecule has 0 aliphatic rings. The molecule has 0 saturated heterocycles. The third-order valence-corrected chi connectivity index (χ3v) is 5.23. The standard InChI is InChI=1S/C24H25ClFN3O3/c1-16-20(17(2)29(28-16)15-18-6-4-5-7-21(18)25)9-11-24(30)27-22-14-19(26)8-10-23(22)32-13-12-31-3/h4-11,14H,12-13,15H2,1-3H3,(H,27,30). The minimum Gasteiger partial charge on any atom is -0.489 e. The molecule has 2 aromatic carbocycles. The highest BCUT2D eigenvalue weighted by Crippen LogP contribution is 2.26. The number of amides is 1. The molecular weight excluding hydrogens is 433 g/mol. The number of halogens is 2. The van der Waals surface area contributed by atoms with E-state index < -0.39 is 11.7 Å². The molecule has 0 fully saturated rings. The third-order valence-electron chi connectivity index (χ3n) is 4.86. The van der Waals surface area contributed by atoms with E-state index in [2.05, 4.69) is 10.4 Å². The van der Waals surface area contributed by atoms with Gasteiger partial charge in [0.05, 0.1) is 24.5 Å². The lowest BCUT2D eigenvalue weighted by atomic mass is 10.1. The molecule has 1 aromatic heterocycles. The Morgan fingerprint density at radius 3 is 2.75 bits per heavy atom. The number of aromatic nitrogens is 2. The second-order valence-electron chi connectivity index (χ2n) is 7.14. The molecule has 0 aliphatic carbocycles. The number of rotatable bonds is 9. The monoisotopic (exact) mass is 457 g/mol. The molecule has 0 bridgehead atoms. The first-order valence-corrected chi connectivity index (χ1v) is 10.4. The molecule has 0 unspecified atom stereocenters. The fraction of sp³-hybridized carbons (Fsp3) is 0.250. The normalized spacial score (nSPS) is 11.2. The number of hydrogen-bond acceptors (Lipinski definition) is 4. The molecule has 0 spiro atoms. The Morgan fingerprint density at radius 2 is 2.00 bits per heavy atom. The van der Waals surface area contributed by atoms with Crippen molar-refractivity contribution in [2.45, 2.75) is 20.4 Å². The molecule has 3 rings (SSSR count). The van der Waals surface area contributed by atoms with Crippen molar-refractivity contribution in [3.8, 4) is 5.75 Å². The minimum atomic E-state index is -0.476. The van der Waals surface area contributed by atoms with E-state index >= 15 is 0 Å². The Labute approximate surface area is 191 Å². The number of ether oxygens (including phenoxy) is 2. The summed E-state index contributed by atoms with van der Waals surface area (Å²) in [6.07, 6.45) is 3.08. The van der Waals surface area contributed by atoms with Crippen molar-refractivity contribution in [3.63, 3.8) is 0 Å². The van der Waals surface area contributed by atoms with Crippen molar-refractivity contribution in [3.05, 3.63) is 81.9 Å². The molecule has 32 heavy (non-hydrogen) atoms. The number of nitrogens with zero attached hydrogens (tertiary/aromatic N) is 2. The van der Waals surface area contributed by atoms with Gasteiger partial charge in [-0.15, -0.1) is 0 Å². The highest BCUT2D eigenvalue weighted by atomic mass is 35.5. The van der Waals surface area contributed by atoms with E-state index in [1.165, 1.54) is 24.3 Å². The van der Waals surface area contributed by atoms with Crippen molar-refractivity contribution in [2.75, 3.05) is 25.6 Å². The van der Waals surface area contributed by atoms with Gasteiger partial charge in [0.15, 0.2) is 0 Å². The molecule has 0 saturated carbocycles. The quantitative estimate of drug-likeness (QED) is 0.362. The first-order chi connectivity index (χ1) is 15.4. The van der Waals surface area contributed by atoms with Gasteiger partial charge in [-0.1, -0.05) is 29.8 Å². The van der Waals surface area contributed by atoms with Crippen LogP contribution in [0.5, 0.6) is 5.75 Å². The number of aryl methyl sites for hydroxylation is 1. The number of nitrogens with one attached hydrogen (secondary N) is 1. The number of methoxy groups -OCH3 is 1. The second kappa shape index (κ2) is 10.9. The first-order valence-electron chi connectivity index (χ1n) is 10.1. The second-order valence-corrected chi connectivity index (χ2v) is 7.55. The van der Waals surface area contributed by atoms with E-state index in [-0.39, 0.29) is 12.3 Å². The van der Waals surface area contributed by atoms with Gasteiger partial charge in [-0.3, -0.25) is 9.48 Å². The molecule has 3 aromatic rings. The van der Waals surface area contributed by atoms with Crippen LogP contribution in [0.25, 0.3) is 6.08 Å². The Kier molecular flexibility index (Phi) is 8.03. The Hall–Kier alpha value is -3.16. The van der Waals surface area contributed by atoms with Gasteiger partial charge in [-0.2, -0.15) is 5.10 Å². The van der Waals surface area contributed by atoms with Gasteiger partial charge >= 0.3 is 0 Å². The molecule has 0 radical (unpaired) electrons. The van der Waals surface area contributed by atoms with Crippen LogP contribution >= 0.6 is 11.6 Å². The van der Waals surface area contributed by atoms with Crippen LogP contribution in [-0.4, -0.2) is 36.0 Å². The number of benzene rings is 2. The number of carbonyl (C=O) groups is 1. The summed E-state index contributed by atoms with van der Waals surface area (Å²) in [4.78, 5) is 12.5. The molecule has 0 aliphatic heterocycles. The zero-order valence-electron chi connectivity index (χ0n) is 18.2. The molecular formula is C24H25ClFN3O3. The van der Waals surface area contributed by atoms with Gasteiger partial charge in [-0.25, -0.2) is 4.39 Å². The fourth-order valence-corrected chi connectivity index (χ4v) is 3.38. The zero-order chi connectivity index (χ0) is 23.1. The van der Waals surface area contributed by atoms with Crippen LogP contribution in [0.15, 0.2) is 48.5 Å². The average Bonchev–Trinajstić information content (AvgIpc) is 3.02. The molecule has 1 heterocycles. The van der Waals surface area contributed by atoms with Crippen LogP contribution in [0.2, 0.25) is 5.02 Å². The summed E-state index contributed by atoms with van der Waals surface area (Å²) in [7, 11) is 1.56. The Balaban J connectivity index is 1.73. The van der Waals surface area contributed by atoms with Crippen LogP contribution < -0.4 is 10.1 Å². The summed E-state index contributed by atoms with van der Waals surface area (Å²) >= 11 is 6.26. The molecule has 1 N–H and O–H groups in total. The molecule has 6 nitrogen and oxygen atoms in total. The van der Waals surface area contributed by atoms with Crippen molar-refractivity contribution in [1.29, 1.82) is 0 Å². The van der Waals surface area contributed by atoms with Crippen molar-refractivity contribution in [2.24, 2.45) is 0 Å². The topological polar surface area (TPSA) is 65.4 Å². The SMILES string of the molecule is COCCOc1ccc(F)cc1NC(=O)C=Cc1c(C)nn(Cc2ccccc2Cl)c1C. The lowest BCUT2D eigenvalue weighted by Crippen LogP contribution is -2.11. The number of hydrogen-bond donors (Lipinski definition) is 1. The van der Waals surface area contributed by atoms with E-state index in [4.69, 9.17) is 21.1 Å². The van der Waals surface area contributed by atoms with E-state index in [0.717, 1.165) is 22.5 Å². The molecule has 0 atom stereocenters. The number of anilines is 1. The van der Waals surface area contributed by atoms with E-state index in [0.29, 0.717) is 23.9 Å².